The van der Waals surface area contributed by atoms with E-state index in [4.69, 9.17) is 9.47 Å². The van der Waals surface area contributed by atoms with Gasteiger partial charge in [-0.25, -0.2) is 4.79 Å². The third-order valence-corrected chi connectivity index (χ3v) is 4.80. The lowest BCUT2D eigenvalue weighted by atomic mass is 9.98. The second-order valence-corrected chi connectivity index (χ2v) is 6.66. The van der Waals surface area contributed by atoms with Crippen LogP contribution in [0.25, 0.3) is 0 Å². The fourth-order valence-electron chi connectivity index (χ4n) is 3.40. The molecule has 146 valence electrons. The molecule has 0 unspecified atom stereocenters. The molecule has 0 bridgehead atoms. The normalized spacial score (nSPS) is 23.4. The number of benzene rings is 1. The van der Waals surface area contributed by atoms with Crippen molar-refractivity contribution in [2.24, 2.45) is 0 Å². The van der Waals surface area contributed by atoms with Gasteiger partial charge < -0.3 is 25.0 Å². The molecular weight excluding hydrogens is 350 g/mol. The fraction of sp³-hybridized carbons (Fsp3) is 0.526. The minimum Gasteiger partial charge on any atom is -0.450 e. The number of amides is 3. The minimum absolute atomic E-state index is 0.0409. The maximum absolute atomic E-state index is 12.8. The van der Waals surface area contributed by atoms with Gasteiger partial charge in [0.05, 0.1) is 12.6 Å². The van der Waals surface area contributed by atoms with Crippen LogP contribution in [0.4, 0.5) is 4.79 Å². The Morgan fingerprint density at radius 1 is 1.26 bits per heavy atom. The molecule has 0 spiro atoms. The van der Waals surface area contributed by atoms with Gasteiger partial charge in [-0.3, -0.25) is 9.59 Å². The first-order chi connectivity index (χ1) is 13.1. The molecule has 3 amide bonds. The molecule has 2 N–H and O–H groups in total. The standard InChI is InChI=1S/C19H25N3O5/c1-2-26-19(25)22-10-8-14(9-11-22)20-18(24)17-16(21-15(23)12-27-17)13-6-4-3-5-7-13/h3-7,14,16-17H,2,8-12H2,1H3,(H,20,24)(H,21,23)/t16-,17+/m1/s1. The number of nitrogens with one attached hydrogen (secondary N) is 2. The van der Waals surface area contributed by atoms with Crippen molar-refractivity contribution in [1.82, 2.24) is 15.5 Å². The van der Waals surface area contributed by atoms with E-state index in [9.17, 15) is 14.4 Å². The number of piperidine rings is 1. The predicted molar refractivity (Wildman–Crippen MR) is 96.8 cm³/mol. The number of likely N-dealkylation sites (tertiary alicyclic amines) is 1. The van der Waals surface area contributed by atoms with Gasteiger partial charge in [0.25, 0.3) is 5.91 Å². The van der Waals surface area contributed by atoms with Crippen LogP contribution < -0.4 is 10.6 Å². The number of carbonyl (C=O) groups excluding carboxylic acids is 3. The van der Waals surface area contributed by atoms with Crippen molar-refractivity contribution >= 4 is 17.9 Å². The van der Waals surface area contributed by atoms with Crippen LogP contribution in [-0.4, -0.2) is 61.3 Å². The molecule has 3 rings (SSSR count). The van der Waals surface area contributed by atoms with E-state index in [1.807, 2.05) is 30.3 Å². The maximum Gasteiger partial charge on any atom is 0.409 e. The average molecular weight is 375 g/mol. The summed E-state index contributed by atoms with van der Waals surface area (Å²) in [4.78, 5) is 37.9. The van der Waals surface area contributed by atoms with Crippen LogP contribution in [0.3, 0.4) is 0 Å². The highest BCUT2D eigenvalue weighted by Crippen LogP contribution is 2.23. The van der Waals surface area contributed by atoms with E-state index in [1.165, 1.54) is 0 Å². The van der Waals surface area contributed by atoms with Crippen molar-refractivity contribution < 1.29 is 23.9 Å². The highest BCUT2D eigenvalue weighted by atomic mass is 16.6. The number of hydrogen-bond donors (Lipinski definition) is 2. The Morgan fingerprint density at radius 2 is 1.96 bits per heavy atom. The van der Waals surface area contributed by atoms with E-state index >= 15 is 0 Å². The number of rotatable bonds is 4. The largest absolute Gasteiger partial charge is 0.450 e. The Bertz CT molecular complexity index is 673. The molecule has 0 aromatic heterocycles. The lowest BCUT2D eigenvalue weighted by Crippen LogP contribution is -2.55. The number of ether oxygens (including phenoxy) is 2. The van der Waals surface area contributed by atoms with Gasteiger partial charge in [0, 0.05) is 19.1 Å². The van der Waals surface area contributed by atoms with Gasteiger partial charge in [0.15, 0.2) is 6.10 Å². The highest BCUT2D eigenvalue weighted by molar-refractivity contribution is 5.86. The van der Waals surface area contributed by atoms with Crippen LogP contribution in [0.1, 0.15) is 31.4 Å². The van der Waals surface area contributed by atoms with Gasteiger partial charge in [-0.1, -0.05) is 30.3 Å². The van der Waals surface area contributed by atoms with Crippen LogP contribution in [0.5, 0.6) is 0 Å². The topological polar surface area (TPSA) is 97.0 Å². The molecule has 8 nitrogen and oxygen atoms in total. The Morgan fingerprint density at radius 3 is 2.63 bits per heavy atom. The van der Waals surface area contributed by atoms with Crippen molar-refractivity contribution in [3.8, 4) is 0 Å². The molecule has 2 saturated heterocycles. The summed E-state index contributed by atoms with van der Waals surface area (Å²) in [5.41, 5.74) is 0.822. The molecule has 2 aliphatic rings. The van der Waals surface area contributed by atoms with Gasteiger partial charge >= 0.3 is 6.09 Å². The zero-order valence-electron chi connectivity index (χ0n) is 15.3. The summed E-state index contributed by atoms with van der Waals surface area (Å²) in [6.07, 6.45) is 0.206. The Kier molecular flexibility index (Phi) is 6.28. The first-order valence-corrected chi connectivity index (χ1v) is 9.26. The summed E-state index contributed by atoms with van der Waals surface area (Å²) < 4.78 is 10.5. The summed E-state index contributed by atoms with van der Waals surface area (Å²) in [7, 11) is 0. The van der Waals surface area contributed by atoms with Gasteiger partial charge in [-0.2, -0.15) is 0 Å². The number of carbonyl (C=O) groups is 3. The first kappa shape index (κ1) is 19.2. The van der Waals surface area contributed by atoms with Crippen molar-refractivity contribution in [1.29, 1.82) is 0 Å². The van der Waals surface area contributed by atoms with Crippen molar-refractivity contribution in [3.05, 3.63) is 35.9 Å². The molecule has 8 heteroatoms. The van der Waals surface area contributed by atoms with E-state index in [0.29, 0.717) is 32.5 Å². The third-order valence-electron chi connectivity index (χ3n) is 4.80. The Hall–Kier alpha value is -2.61. The van der Waals surface area contributed by atoms with E-state index in [1.54, 1.807) is 11.8 Å². The monoisotopic (exact) mass is 375 g/mol. The molecule has 27 heavy (non-hydrogen) atoms. The van der Waals surface area contributed by atoms with Crippen LogP contribution >= 0.6 is 0 Å². The Labute approximate surface area is 158 Å². The van der Waals surface area contributed by atoms with Crippen molar-refractivity contribution in [3.63, 3.8) is 0 Å². The van der Waals surface area contributed by atoms with Crippen LogP contribution in [0.15, 0.2) is 30.3 Å². The highest BCUT2D eigenvalue weighted by Gasteiger charge is 2.37. The lowest BCUT2D eigenvalue weighted by molar-refractivity contribution is -0.148. The lowest BCUT2D eigenvalue weighted by Gasteiger charge is -2.35. The van der Waals surface area contributed by atoms with E-state index < -0.39 is 12.1 Å². The van der Waals surface area contributed by atoms with Gasteiger partial charge in [-0.15, -0.1) is 0 Å². The number of nitrogens with zero attached hydrogens (tertiary/aromatic N) is 1. The molecule has 2 fully saturated rings. The van der Waals surface area contributed by atoms with E-state index in [-0.39, 0.29) is 30.6 Å². The number of hydrogen-bond acceptors (Lipinski definition) is 5. The average Bonchev–Trinajstić information content (AvgIpc) is 2.69. The van der Waals surface area contributed by atoms with Crippen LogP contribution in [-0.2, 0) is 19.1 Å². The van der Waals surface area contributed by atoms with Crippen molar-refractivity contribution in [2.45, 2.75) is 38.0 Å². The van der Waals surface area contributed by atoms with Crippen LogP contribution in [0.2, 0.25) is 0 Å². The number of morpholine rings is 1. The molecule has 0 radical (unpaired) electrons. The SMILES string of the molecule is CCOC(=O)N1CCC(NC(=O)[C@H]2OCC(=O)N[C@@H]2c2ccccc2)CC1. The smallest absolute Gasteiger partial charge is 0.409 e. The molecule has 1 aromatic rings. The predicted octanol–water partition coefficient (Wildman–Crippen LogP) is 0.980. The quantitative estimate of drug-likeness (QED) is 0.818. The third kappa shape index (κ3) is 4.77. The molecular formula is C19H25N3O5. The second kappa shape index (κ2) is 8.85. The Balaban J connectivity index is 1.58. The zero-order valence-corrected chi connectivity index (χ0v) is 15.3. The van der Waals surface area contributed by atoms with Gasteiger partial charge in [0.1, 0.15) is 6.61 Å². The second-order valence-electron chi connectivity index (χ2n) is 6.66. The minimum atomic E-state index is -0.784. The molecule has 2 heterocycles. The molecule has 0 aliphatic carbocycles. The maximum atomic E-state index is 12.8. The summed E-state index contributed by atoms with van der Waals surface area (Å²) in [5, 5.41) is 5.84. The van der Waals surface area contributed by atoms with Crippen LogP contribution in [0, 0.1) is 0 Å². The molecule has 0 saturated carbocycles. The molecule has 1 aromatic carbocycles. The van der Waals surface area contributed by atoms with Gasteiger partial charge in [-0.05, 0) is 25.3 Å². The summed E-state index contributed by atoms with van der Waals surface area (Å²) >= 11 is 0. The fourth-order valence-corrected chi connectivity index (χ4v) is 3.40. The first-order valence-electron chi connectivity index (χ1n) is 9.26. The molecule has 2 atom stereocenters. The van der Waals surface area contributed by atoms with E-state index in [0.717, 1.165) is 5.56 Å². The molecule has 2 aliphatic heterocycles. The van der Waals surface area contributed by atoms with Crippen molar-refractivity contribution in [2.75, 3.05) is 26.3 Å². The van der Waals surface area contributed by atoms with Gasteiger partial charge in [0.2, 0.25) is 5.91 Å². The summed E-state index contributed by atoms with van der Waals surface area (Å²) in [5.74, 6) is -0.492. The zero-order chi connectivity index (χ0) is 19.2. The summed E-state index contributed by atoms with van der Waals surface area (Å²) in [6.45, 7) is 3.06. The van der Waals surface area contributed by atoms with E-state index in [2.05, 4.69) is 10.6 Å². The summed E-state index contributed by atoms with van der Waals surface area (Å²) in [6, 6.07) is 8.75.